The Bertz CT molecular complexity index is 524. The van der Waals surface area contributed by atoms with Crippen molar-refractivity contribution >= 4 is 23.3 Å². The van der Waals surface area contributed by atoms with Crippen LogP contribution in [0, 0.1) is 21.4 Å². The van der Waals surface area contributed by atoms with Crippen LogP contribution in [-0.4, -0.2) is 17.5 Å². The fourth-order valence-electron chi connectivity index (χ4n) is 1.43. The molecule has 18 heavy (non-hydrogen) atoms. The van der Waals surface area contributed by atoms with Gasteiger partial charge in [-0.2, -0.15) is 5.26 Å². The second-order valence-corrected chi connectivity index (χ2v) is 3.65. The van der Waals surface area contributed by atoms with Gasteiger partial charge < -0.3 is 4.74 Å². The van der Waals surface area contributed by atoms with E-state index in [-0.39, 0.29) is 22.9 Å². The van der Waals surface area contributed by atoms with E-state index in [0.717, 1.165) is 0 Å². The van der Waals surface area contributed by atoms with E-state index in [1.807, 2.05) is 0 Å². The minimum atomic E-state index is -1.40. The Hall–Kier alpha value is -2.13. The number of carbonyl (C=O) groups excluding carboxylic acids is 1. The van der Waals surface area contributed by atoms with Gasteiger partial charge in [0.15, 0.2) is 5.92 Å². The summed E-state index contributed by atoms with van der Waals surface area (Å²) in [5.41, 5.74) is -0.507. The van der Waals surface area contributed by atoms with Crippen molar-refractivity contribution in [2.45, 2.75) is 12.8 Å². The number of halogens is 1. The zero-order valence-electron chi connectivity index (χ0n) is 9.42. The average Bonchev–Trinajstić information content (AvgIpc) is 2.32. The fourth-order valence-corrected chi connectivity index (χ4v) is 1.71. The summed E-state index contributed by atoms with van der Waals surface area (Å²) >= 11 is 5.83. The topological polar surface area (TPSA) is 93.2 Å². The zero-order valence-corrected chi connectivity index (χ0v) is 10.2. The smallest absolute Gasteiger partial charge is 0.328 e. The molecular weight excluding hydrogens is 260 g/mol. The lowest BCUT2D eigenvalue weighted by Gasteiger charge is -2.10. The monoisotopic (exact) mass is 268 g/mol. The molecule has 1 atom stereocenters. The molecule has 0 spiro atoms. The maximum Gasteiger partial charge on any atom is 0.328 e. The van der Waals surface area contributed by atoms with Crippen molar-refractivity contribution in [2.75, 3.05) is 6.61 Å². The van der Waals surface area contributed by atoms with Crippen LogP contribution in [0.3, 0.4) is 0 Å². The minimum absolute atomic E-state index is 0.0104. The summed E-state index contributed by atoms with van der Waals surface area (Å²) in [6.45, 7) is 1.66. The molecule has 0 aromatic heterocycles. The maximum atomic E-state index is 11.6. The number of nitro benzene ring substituents is 1. The van der Waals surface area contributed by atoms with Gasteiger partial charge in [0.1, 0.15) is 0 Å². The first kappa shape index (κ1) is 13.9. The standard InChI is InChI=1S/C11H9ClN2O4/c1-2-18-11(15)7(6-13)10-8(12)4-3-5-9(10)14(16)17/h3-5,7H,2H2,1H3/t7-/m0/s1. The van der Waals surface area contributed by atoms with Crippen molar-refractivity contribution in [1.29, 1.82) is 5.26 Å². The first-order valence-corrected chi connectivity index (χ1v) is 5.39. The molecule has 0 fully saturated rings. The molecule has 1 aromatic rings. The summed E-state index contributed by atoms with van der Waals surface area (Å²) in [5, 5.41) is 19.8. The molecule has 0 saturated carbocycles. The van der Waals surface area contributed by atoms with Gasteiger partial charge in [0.25, 0.3) is 5.69 Å². The molecule has 0 heterocycles. The molecule has 0 bridgehead atoms. The SMILES string of the molecule is CCOC(=O)[C@@H](C#N)c1c(Cl)cccc1[N+](=O)[O-]. The lowest BCUT2D eigenvalue weighted by Crippen LogP contribution is -2.16. The number of benzene rings is 1. The molecule has 0 aliphatic rings. The highest BCUT2D eigenvalue weighted by Crippen LogP contribution is 2.33. The van der Waals surface area contributed by atoms with Crippen molar-refractivity contribution in [1.82, 2.24) is 0 Å². The molecule has 6 nitrogen and oxygen atoms in total. The van der Waals surface area contributed by atoms with Crippen LogP contribution >= 0.6 is 11.6 Å². The van der Waals surface area contributed by atoms with Crippen LogP contribution in [-0.2, 0) is 9.53 Å². The van der Waals surface area contributed by atoms with Gasteiger partial charge in [-0.05, 0) is 13.0 Å². The predicted octanol–water partition coefficient (Wildman–Crippen LogP) is 2.42. The lowest BCUT2D eigenvalue weighted by molar-refractivity contribution is -0.385. The Kier molecular flexibility index (Phi) is 4.63. The normalized spacial score (nSPS) is 11.4. The minimum Gasteiger partial charge on any atom is -0.465 e. The summed E-state index contributed by atoms with van der Waals surface area (Å²) in [4.78, 5) is 21.7. The Morgan fingerprint density at radius 1 is 1.67 bits per heavy atom. The second kappa shape index (κ2) is 5.98. The Morgan fingerprint density at radius 2 is 2.33 bits per heavy atom. The van der Waals surface area contributed by atoms with E-state index < -0.39 is 16.8 Å². The van der Waals surface area contributed by atoms with Crippen LogP contribution in [0.4, 0.5) is 5.69 Å². The van der Waals surface area contributed by atoms with Crippen molar-refractivity contribution in [3.05, 3.63) is 38.9 Å². The molecule has 0 aliphatic heterocycles. The molecule has 1 rings (SSSR count). The lowest BCUT2D eigenvalue weighted by atomic mass is 9.99. The molecule has 0 amide bonds. The molecule has 0 unspecified atom stereocenters. The third-order valence-electron chi connectivity index (χ3n) is 2.17. The van der Waals surface area contributed by atoms with Gasteiger partial charge in [-0.15, -0.1) is 0 Å². The average molecular weight is 269 g/mol. The number of carbonyl (C=O) groups is 1. The van der Waals surface area contributed by atoms with Gasteiger partial charge in [0, 0.05) is 6.07 Å². The van der Waals surface area contributed by atoms with Crippen LogP contribution in [0.1, 0.15) is 18.4 Å². The van der Waals surface area contributed by atoms with Crippen LogP contribution in [0.5, 0.6) is 0 Å². The van der Waals surface area contributed by atoms with Crippen molar-refractivity contribution in [3.63, 3.8) is 0 Å². The van der Waals surface area contributed by atoms with Gasteiger partial charge in [0.2, 0.25) is 0 Å². The van der Waals surface area contributed by atoms with E-state index in [1.54, 1.807) is 13.0 Å². The Morgan fingerprint density at radius 3 is 2.83 bits per heavy atom. The van der Waals surface area contributed by atoms with Crippen molar-refractivity contribution < 1.29 is 14.5 Å². The summed E-state index contributed by atoms with van der Waals surface area (Å²) < 4.78 is 4.70. The number of nitrogens with zero attached hydrogens (tertiary/aromatic N) is 2. The molecule has 0 N–H and O–H groups in total. The third kappa shape index (κ3) is 2.76. The largest absolute Gasteiger partial charge is 0.465 e. The maximum absolute atomic E-state index is 11.6. The van der Waals surface area contributed by atoms with E-state index in [2.05, 4.69) is 0 Å². The number of rotatable bonds is 4. The second-order valence-electron chi connectivity index (χ2n) is 3.24. The van der Waals surface area contributed by atoms with Crippen molar-refractivity contribution in [2.24, 2.45) is 0 Å². The first-order chi connectivity index (χ1) is 8.52. The van der Waals surface area contributed by atoms with Gasteiger partial charge in [-0.3, -0.25) is 14.9 Å². The molecule has 0 saturated heterocycles. The van der Waals surface area contributed by atoms with Crippen LogP contribution in [0.15, 0.2) is 18.2 Å². The molecule has 0 radical (unpaired) electrons. The highest BCUT2D eigenvalue weighted by atomic mass is 35.5. The number of hydrogen-bond acceptors (Lipinski definition) is 5. The fraction of sp³-hybridized carbons (Fsp3) is 0.273. The van der Waals surface area contributed by atoms with E-state index in [0.29, 0.717) is 0 Å². The van der Waals surface area contributed by atoms with Gasteiger partial charge in [-0.25, -0.2) is 0 Å². The first-order valence-electron chi connectivity index (χ1n) is 5.02. The Labute approximate surface area is 108 Å². The molecule has 7 heteroatoms. The van der Waals surface area contributed by atoms with Crippen LogP contribution in [0.25, 0.3) is 0 Å². The van der Waals surface area contributed by atoms with E-state index >= 15 is 0 Å². The summed E-state index contributed by atoms with van der Waals surface area (Å²) in [6, 6.07) is 5.62. The number of nitriles is 1. The van der Waals surface area contributed by atoms with Gasteiger partial charge in [0.05, 0.1) is 28.2 Å². The predicted molar refractivity (Wildman–Crippen MR) is 63.1 cm³/mol. The summed E-state index contributed by atoms with van der Waals surface area (Å²) in [7, 11) is 0. The van der Waals surface area contributed by atoms with Crippen molar-refractivity contribution in [3.8, 4) is 6.07 Å². The molecular formula is C11H9ClN2O4. The number of hydrogen-bond donors (Lipinski definition) is 0. The highest BCUT2D eigenvalue weighted by molar-refractivity contribution is 6.32. The van der Waals surface area contributed by atoms with E-state index in [4.69, 9.17) is 21.6 Å². The number of ether oxygens (including phenoxy) is 1. The third-order valence-corrected chi connectivity index (χ3v) is 2.50. The van der Waals surface area contributed by atoms with Gasteiger partial charge in [-0.1, -0.05) is 17.7 Å². The van der Waals surface area contributed by atoms with E-state index in [9.17, 15) is 14.9 Å². The molecule has 94 valence electrons. The summed E-state index contributed by atoms with van der Waals surface area (Å²) in [5.74, 6) is -2.25. The van der Waals surface area contributed by atoms with Crippen LogP contribution in [0.2, 0.25) is 5.02 Å². The molecule has 0 aliphatic carbocycles. The van der Waals surface area contributed by atoms with E-state index in [1.165, 1.54) is 18.2 Å². The number of nitro groups is 1. The Balaban J connectivity index is 3.34. The summed E-state index contributed by atoms with van der Waals surface area (Å²) in [6.07, 6.45) is 0. The van der Waals surface area contributed by atoms with Crippen LogP contribution < -0.4 is 0 Å². The quantitative estimate of drug-likeness (QED) is 0.475. The molecule has 1 aromatic carbocycles. The highest BCUT2D eigenvalue weighted by Gasteiger charge is 2.31. The number of esters is 1. The van der Waals surface area contributed by atoms with Gasteiger partial charge >= 0.3 is 5.97 Å². The zero-order chi connectivity index (χ0) is 13.7.